The van der Waals surface area contributed by atoms with E-state index in [0.29, 0.717) is 11.3 Å². The molecule has 2 rings (SSSR count). The molecule has 1 aromatic carbocycles. The van der Waals surface area contributed by atoms with Crippen molar-refractivity contribution in [2.24, 2.45) is 0 Å². The molecule has 0 spiro atoms. The van der Waals surface area contributed by atoms with Gasteiger partial charge in [-0.25, -0.2) is 0 Å². The maximum Gasteiger partial charge on any atom is 0.334 e. The predicted octanol–water partition coefficient (Wildman–Crippen LogP) is 1.83. The van der Waals surface area contributed by atoms with Crippen molar-refractivity contribution in [3.63, 3.8) is 0 Å². The van der Waals surface area contributed by atoms with Crippen LogP contribution in [0.2, 0.25) is 0 Å². The zero-order valence-corrected chi connectivity index (χ0v) is 8.64. The van der Waals surface area contributed by atoms with Gasteiger partial charge >= 0.3 is 10.2 Å². The van der Waals surface area contributed by atoms with Crippen LogP contribution in [0.1, 0.15) is 0 Å². The average Bonchev–Trinajstić information content (AvgIpc) is 2.59. The molecule has 0 unspecified atom stereocenters. The average molecular weight is 229 g/mol. The summed E-state index contributed by atoms with van der Waals surface area (Å²) in [7, 11) is -3.24. The first-order valence-electron chi connectivity index (χ1n) is 4.13. The maximum atomic E-state index is 12.8. The Kier molecular flexibility index (Phi) is 2.15. The summed E-state index contributed by atoms with van der Waals surface area (Å²) in [6, 6.07) is 4.78. The SMILES string of the molecule is COc1cccc2c(S(=O)(=O)F)c[nH]c12. The van der Waals surface area contributed by atoms with Crippen LogP contribution in [0.4, 0.5) is 3.89 Å². The first-order chi connectivity index (χ1) is 7.04. The number of aromatic amines is 1. The molecule has 0 aliphatic heterocycles. The van der Waals surface area contributed by atoms with Gasteiger partial charge in [-0.1, -0.05) is 12.1 Å². The number of methoxy groups -OCH3 is 1. The number of H-pyrrole nitrogens is 1. The molecule has 0 saturated carbocycles. The summed E-state index contributed by atoms with van der Waals surface area (Å²) in [4.78, 5) is 2.31. The van der Waals surface area contributed by atoms with Gasteiger partial charge < -0.3 is 9.72 Å². The van der Waals surface area contributed by atoms with E-state index in [0.717, 1.165) is 6.20 Å². The number of rotatable bonds is 2. The van der Waals surface area contributed by atoms with Crippen molar-refractivity contribution in [3.8, 4) is 5.75 Å². The lowest BCUT2D eigenvalue weighted by Gasteiger charge is -2.00. The van der Waals surface area contributed by atoms with Gasteiger partial charge in [0.2, 0.25) is 0 Å². The number of para-hydroxylation sites is 1. The van der Waals surface area contributed by atoms with E-state index >= 15 is 0 Å². The fourth-order valence-corrected chi connectivity index (χ4v) is 2.11. The fraction of sp³-hybridized carbons (Fsp3) is 0.111. The summed E-state index contributed by atoms with van der Waals surface area (Å²) in [5.74, 6) is 0.474. The van der Waals surface area contributed by atoms with E-state index in [9.17, 15) is 12.3 Å². The normalized spacial score (nSPS) is 11.9. The molecule has 1 aromatic heterocycles. The van der Waals surface area contributed by atoms with Crippen LogP contribution in [-0.2, 0) is 10.2 Å². The van der Waals surface area contributed by atoms with Crippen molar-refractivity contribution in [1.29, 1.82) is 0 Å². The Morgan fingerprint density at radius 1 is 1.40 bits per heavy atom. The maximum absolute atomic E-state index is 12.8. The number of hydrogen-bond donors (Lipinski definition) is 1. The van der Waals surface area contributed by atoms with Crippen molar-refractivity contribution in [2.75, 3.05) is 7.11 Å². The van der Waals surface area contributed by atoms with E-state index in [1.54, 1.807) is 12.1 Å². The smallest absolute Gasteiger partial charge is 0.334 e. The van der Waals surface area contributed by atoms with Crippen LogP contribution in [0.5, 0.6) is 5.75 Å². The summed E-state index contributed by atoms with van der Waals surface area (Å²) >= 11 is 0. The van der Waals surface area contributed by atoms with Crippen molar-refractivity contribution in [3.05, 3.63) is 24.4 Å². The van der Waals surface area contributed by atoms with E-state index < -0.39 is 10.2 Å². The highest BCUT2D eigenvalue weighted by molar-refractivity contribution is 7.86. The van der Waals surface area contributed by atoms with Crippen molar-refractivity contribution in [1.82, 2.24) is 4.98 Å². The van der Waals surface area contributed by atoms with Crippen LogP contribution in [-0.4, -0.2) is 20.5 Å². The lowest BCUT2D eigenvalue weighted by atomic mass is 10.2. The Bertz CT molecular complexity index is 603. The number of hydrogen-bond acceptors (Lipinski definition) is 3. The van der Waals surface area contributed by atoms with Gasteiger partial charge in [0.1, 0.15) is 10.6 Å². The van der Waals surface area contributed by atoms with E-state index in [2.05, 4.69) is 4.98 Å². The standard InChI is InChI=1S/C9H8FNO3S/c1-14-7-4-2-3-6-8(15(10,12)13)5-11-9(6)7/h2-5,11H,1H3. The van der Waals surface area contributed by atoms with Gasteiger partial charge in [-0.2, -0.15) is 8.42 Å². The largest absolute Gasteiger partial charge is 0.495 e. The highest BCUT2D eigenvalue weighted by Gasteiger charge is 2.18. The summed E-state index contributed by atoms with van der Waals surface area (Å²) < 4.78 is 39.4. The Hall–Kier alpha value is -1.56. The molecule has 1 heterocycles. The molecule has 4 nitrogen and oxygen atoms in total. The second-order valence-electron chi connectivity index (χ2n) is 2.97. The number of fused-ring (bicyclic) bond motifs is 1. The van der Waals surface area contributed by atoms with Gasteiger partial charge in [0, 0.05) is 11.6 Å². The van der Waals surface area contributed by atoms with E-state index in [4.69, 9.17) is 4.74 Å². The minimum atomic E-state index is -4.70. The monoisotopic (exact) mass is 229 g/mol. The molecule has 0 aliphatic rings. The molecule has 0 aliphatic carbocycles. The van der Waals surface area contributed by atoms with Crippen LogP contribution in [0.3, 0.4) is 0 Å². The Labute approximate surface area is 85.9 Å². The lowest BCUT2D eigenvalue weighted by molar-refractivity contribution is 0.419. The quantitative estimate of drug-likeness (QED) is 0.799. The van der Waals surface area contributed by atoms with Gasteiger partial charge in [0.25, 0.3) is 0 Å². The van der Waals surface area contributed by atoms with E-state index in [1.165, 1.54) is 13.2 Å². The number of ether oxygens (including phenoxy) is 1. The molecule has 1 N–H and O–H groups in total. The molecule has 2 aromatic rings. The molecule has 15 heavy (non-hydrogen) atoms. The molecule has 80 valence electrons. The van der Waals surface area contributed by atoms with Crippen LogP contribution < -0.4 is 4.74 Å². The predicted molar refractivity (Wildman–Crippen MR) is 53.1 cm³/mol. The van der Waals surface area contributed by atoms with E-state index in [1.807, 2.05) is 0 Å². The summed E-state index contributed by atoms with van der Waals surface area (Å²) in [5, 5.41) is 0.289. The number of aromatic nitrogens is 1. The minimum Gasteiger partial charge on any atom is -0.495 e. The number of nitrogens with one attached hydrogen (secondary N) is 1. The van der Waals surface area contributed by atoms with E-state index in [-0.39, 0.29) is 10.3 Å². The van der Waals surface area contributed by atoms with Gasteiger partial charge in [0.15, 0.2) is 0 Å². The molecule has 0 fully saturated rings. The van der Waals surface area contributed by atoms with Gasteiger partial charge in [-0.3, -0.25) is 0 Å². The highest BCUT2D eigenvalue weighted by Crippen LogP contribution is 2.30. The first kappa shape index (κ1) is 9.97. The third-order valence-electron chi connectivity index (χ3n) is 2.12. The van der Waals surface area contributed by atoms with Crippen molar-refractivity contribution in [2.45, 2.75) is 4.90 Å². The fourth-order valence-electron chi connectivity index (χ4n) is 1.47. The highest BCUT2D eigenvalue weighted by atomic mass is 32.3. The Morgan fingerprint density at radius 3 is 2.73 bits per heavy atom. The summed E-state index contributed by atoms with van der Waals surface area (Å²) in [6.07, 6.45) is 1.11. The zero-order valence-electron chi connectivity index (χ0n) is 7.82. The molecular formula is C9H8FNO3S. The second-order valence-corrected chi connectivity index (χ2v) is 4.29. The first-order valence-corrected chi connectivity index (χ1v) is 5.51. The third-order valence-corrected chi connectivity index (χ3v) is 2.98. The second kappa shape index (κ2) is 3.23. The van der Waals surface area contributed by atoms with Crippen LogP contribution in [0, 0.1) is 0 Å². The molecule has 0 saturated heterocycles. The van der Waals surface area contributed by atoms with Crippen LogP contribution >= 0.6 is 0 Å². The molecular weight excluding hydrogens is 221 g/mol. The molecule has 0 radical (unpaired) electrons. The van der Waals surface area contributed by atoms with Crippen molar-refractivity contribution < 1.29 is 17.0 Å². The van der Waals surface area contributed by atoms with Crippen LogP contribution in [0.25, 0.3) is 10.9 Å². The summed E-state index contributed by atoms with van der Waals surface area (Å²) in [6.45, 7) is 0. The Balaban J connectivity index is 2.83. The van der Waals surface area contributed by atoms with Gasteiger partial charge in [-0.05, 0) is 6.07 Å². The molecule has 0 bridgehead atoms. The topological polar surface area (TPSA) is 59.2 Å². The zero-order chi connectivity index (χ0) is 11.1. The molecule has 0 amide bonds. The molecule has 6 heteroatoms. The number of benzene rings is 1. The van der Waals surface area contributed by atoms with Crippen LogP contribution in [0.15, 0.2) is 29.3 Å². The van der Waals surface area contributed by atoms with Crippen molar-refractivity contribution >= 4 is 21.1 Å². The minimum absolute atomic E-state index is 0.289. The Morgan fingerprint density at radius 2 is 2.13 bits per heavy atom. The third kappa shape index (κ3) is 1.56. The van der Waals surface area contributed by atoms with Gasteiger partial charge in [0.05, 0.1) is 12.6 Å². The number of halogens is 1. The lowest BCUT2D eigenvalue weighted by Crippen LogP contribution is -1.89. The molecule has 0 atom stereocenters. The summed E-state index contributed by atoms with van der Waals surface area (Å²) in [5.41, 5.74) is 0.469. The van der Waals surface area contributed by atoms with Gasteiger partial charge in [-0.15, -0.1) is 3.89 Å².